The third kappa shape index (κ3) is 5.60. The topological polar surface area (TPSA) is 70.7 Å². The highest BCUT2D eigenvalue weighted by molar-refractivity contribution is 7.09. The summed E-state index contributed by atoms with van der Waals surface area (Å²) < 4.78 is 5.68. The van der Waals surface area contributed by atoms with Crippen molar-refractivity contribution in [2.45, 2.75) is 44.4 Å². The number of amides is 3. The van der Waals surface area contributed by atoms with E-state index in [-0.39, 0.29) is 30.6 Å². The van der Waals surface area contributed by atoms with Crippen LogP contribution in [0.4, 0.5) is 4.79 Å². The normalized spacial score (nSPS) is 20.7. The van der Waals surface area contributed by atoms with Crippen molar-refractivity contribution in [3.8, 4) is 0 Å². The van der Waals surface area contributed by atoms with Crippen LogP contribution >= 0.6 is 11.3 Å². The molecule has 2 aliphatic rings. The van der Waals surface area contributed by atoms with E-state index in [0.29, 0.717) is 6.54 Å². The summed E-state index contributed by atoms with van der Waals surface area (Å²) in [6, 6.07) is 3.93. The van der Waals surface area contributed by atoms with Crippen LogP contribution in [-0.2, 0) is 16.1 Å². The van der Waals surface area contributed by atoms with Crippen LogP contribution < -0.4 is 10.6 Å². The van der Waals surface area contributed by atoms with Crippen molar-refractivity contribution in [2.24, 2.45) is 0 Å². The quantitative estimate of drug-likeness (QED) is 0.795. The van der Waals surface area contributed by atoms with E-state index in [1.165, 1.54) is 4.88 Å². The van der Waals surface area contributed by atoms with Crippen LogP contribution in [-0.4, -0.2) is 48.7 Å². The minimum absolute atomic E-state index is 0.183. The maximum atomic E-state index is 12.1. The predicted molar refractivity (Wildman–Crippen MR) is 88.3 cm³/mol. The van der Waals surface area contributed by atoms with Gasteiger partial charge in [-0.2, -0.15) is 0 Å². The summed E-state index contributed by atoms with van der Waals surface area (Å²) in [6.07, 6.45) is 4.30. The number of carbonyl (C=O) groups is 2. The first-order valence-corrected chi connectivity index (χ1v) is 9.03. The first kappa shape index (κ1) is 16.4. The average molecular weight is 337 g/mol. The van der Waals surface area contributed by atoms with Gasteiger partial charge in [0.1, 0.15) is 0 Å². The summed E-state index contributed by atoms with van der Waals surface area (Å²) in [4.78, 5) is 27.0. The molecule has 2 fully saturated rings. The van der Waals surface area contributed by atoms with Gasteiger partial charge in [-0.3, -0.25) is 15.0 Å². The molecule has 3 rings (SSSR count). The first-order chi connectivity index (χ1) is 11.2. The monoisotopic (exact) mass is 337 g/mol. The van der Waals surface area contributed by atoms with Crippen LogP contribution in [0.3, 0.4) is 0 Å². The summed E-state index contributed by atoms with van der Waals surface area (Å²) in [5, 5.41) is 7.21. The molecule has 3 amide bonds. The molecule has 0 bridgehead atoms. The molecule has 1 atom stereocenters. The smallest absolute Gasteiger partial charge is 0.321 e. The van der Waals surface area contributed by atoms with Gasteiger partial charge in [-0.25, -0.2) is 4.79 Å². The van der Waals surface area contributed by atoms with Gasteiger partial charge < -0.3 is 10.1 Å². The number of imide groups is 1. The molecule has 2 N–H and O–H groups in total. The average Bonchev–Trinajstić information content (AvgIpc) is 2.97. The van der Waals surface area contributed by atoms with E-state index < -0.39 is 0 Å². The molecule has 0 radical (unpaired) electrons. The molecule has 2 heterocycles. The van der Waals surface area contributed by atoms with Crippen LogP contribution in [0.25, 0.3) is 0 Å². The Morgan fingerprint density at radius 1 is 1.35 bits per heavy atom. The van der Waals surface area contributed by atoms with Gasteiger partial charge in [0.25, 0.3) is 0 Å². The van der Waals surface area contributed by atoms with Crippen LogP contribution in [0, 0.1) is 0 Å². The van der Waals surface area contributed by atoms with Gasteiger partial charge in [0.2, 0.25) is 5.91 Å². The Morgan fingerprint density at radius 2 is 2.22 bits per heavy atom. The SMILES string of the molecule is O=C(CN(Cc1cccs1)CC1CCCO1)NC(=O)NC1CC1. The fraction of sp³-hybridized carbons (Fsp3) is 0.625. The summed E-state index contributed by atoms with van der Waals surface area (Å²) in [5.74, 6) is -0.266. The number of urea groups is 1. The highest BCUT2D eigenvalue weighted by Crippen LogP contribution is 2.18. The van der Waals surface area contributed by atoms with E-state index in [1.807, 2.05) is 11.4 Å². The predicted octanol–water partition coefficient (Wildman–Crippen LogP) is 1.72. The fourth-order valence-electron chi connectivity index (χ4n) is 2.70. The molecule has 7 heteroatoms. The molecule has 0 aromatic carbocycles. The second kappa shape index (κ2) is 7.90. The molecule has 23 heavy (non-hydrogen) atoms. The molecule has 1 saturated carbocycles. The fourth-order valence-corrected chi connectivity index (χ4v) is 3.45. The maximum absolute atomic E-state index is 12.1. The second-order valence-electron chi connectivity index (χ2n) is 6.18. The molecule has 126 valence electrons. The third-order valence-electron chi connectivity index (χ3n) is 3.98. The van der Waals surface area contributed by atoms with E-state index in [1.54, 1.807) is 11.3 Å². The van der Waals surface area contributed by atoms with Crippen molar-refractivity contribution < 1.29 is 14.3 Å². The lowest BCUT2D eigenvalue weighted by atomic mass is 10.2. The third-order valence-corrected chi connectivity index (χ3v) is 4.84. The van der Waals surface area contributed by atoms with E-state index >= 15 is 0 Å². The second-order valence-corrected chi connectivity index (χ2v) is 7.21. The lowest BCUT2D eigenvalue weighted by Crippen LogP contribution is -2.46. The maximum Gasteiger partial charge on any atom is 0.321 e. The highest BCUT2D eigenvalue weighted by atomic mass is 32.1. The van der Waals surface area contributed by atoms with Gasteiger partial charge in [0.05, 0.1) is 12.6 Å². The minimum atomic E-state index is -0.384. The Hall–Kier alpha value is -1.44. The van der Waals surface area contributed by atoms with Crippen LogP contribution in [0.15, 0.2) is 17.5 Å². The zero-order chi connectivity index (χ0) is 16.1. The van der Waals surface area contributed by atoms with Crippen molar-refractivity contribution in [1.82, 2.24) is 15.5 Å². The Kier molecular flexibility index (Phi) is 5.64. The summed E-state index contributed by atoms with van der Waals surface area (Å²) in [5.41, 5.74) is 0. The Labute approximate surface area is 140 Å². The standard InChI is InChI=1S/C16H23N3O3S/c20-15(18-16(21)17-12-5-6-12)11-19(9-13-3-1-7-22-13)10-14-4-2-8-23-14/h2,4,8,12-13H,1,3,5-7,9-11H2,(H2,17,18,20,21). The molecule has 1 aliphatic heterocycles. The van der Waals surface area contributed by atoms with E-state index in [4.69, 9.17) is 4.74 Å². The van der Waals surface area contributed by atoms with Crippen molar-refractivity contribution in [3.05, 3.63) is 22.4 Å². The summed E-state index contributed by atoms with van der Waals surface area (Å²) >= 11 is 1.67. The molecular formula is C16H23N3O3S. The van der Waals surface area contributed by atoms with Crippen molar-refractivity contribution >= 4 is 23.3 Å². The zero-order valence-electron chi connectivity index (χ0n) is 13.1. The molecule has 1 aliphatic carbocycles. The number of hydrogen-bond acceptors (Lipinski definition) is 5. The highest BCUT2D eigenvalue weighted by Gasteiger charge is 2.25. The van der Waals surface area contributed by atoms with Crippen LogP contribution in [0.5, 0.6) is 0 Å². The van der Waals surface area contributed by atoms with E-state index in [9.17, 15) is 9.59 Å². The first-order valence-electron chi connectivity index (χ1n) is 8.16. The summed E-state index contributed by atoms with van der Waals surface area (Å²) in [7, 11) is 0. The molecule has 0 spiro atoms. The van der Waals surface area contributed by atoms with Crippen molar-refractivity contribution in [3.63, 3.8) is 0 Å². The molecule has 1 aromatic heterocycles. The number of nitrogens with one attached hydrogen (secondary N) is 2. The largest absolute Gasteiger partial charge is 0.377 e. The van der Waals surface area contributed by atoms with Gasteiger partial charge in [-0.1, -0.05) is 6.07 Å². The minimum Gasteiger partial charge on any atom is -0.377 e. The lowest BCUT2D eigenvalue weighted by Gasteiger charge is -2.24. The number of ether oxygens (including phenoxy) is 1. The Balaban J connectivity index is 1.50. The molecule has 1 saturated heterocycles. The molecular weight excluding hydrogens is 314 g/mol. The number of rotatable bonds is 7. The van der Waals surface area contributed by atoms with Crippen molar-refractivity contribution in [2.75, 3.05) is 19.7 Å². The van der Waals surface area contributed by atoms with Gasteiger partial charge in [-0.05, 0) is 37.1 Å². The molecule has 1 aromatic rings. The summed E-state index contributed by atoms with van der Waals surface area (Å²) in [6.45, 7) is 2.42. The number of nitrogens with zero attached hydrogens (tertiary/aromatic N) is 1. The van der Waals surface area contributed by atoms with Crippen LogP contribution in [0.1, 0.15) is 30.6 Å². The Bertz CT molecular complexity index is 525. The number of thiophene rings is 1. The van der Waals surface area contributed by atoms with Crippen LogP contribution in [0.2, 0.25) is 0 Å². The Morgan fingerprint density at radius 3 is 2.87 bits per heavy atom. The van der Waals surface area contributed by atoms with E-state index in [2.05, 4.69) is 21.6 Å². The molecule has 1 unspecified atom stereocenters. The van der Waals surface area contributed by atoms with E-state index in [0.717, 1.165) is 38.8 Å². The number of hydrogen-bond donors (Lipinski definition) is 2. The molecule has 6 nitrogen and oxygen atoms in total. The van der Waals surface area contributed by atoms with Gasteiger partial charge in [0, 0.05) is 30.6 Å². The lowest BCUT2D eigenvalue weighted by molar-refractivity contribution is -0.121. The van der Waals surface area contributed by atoms with Gasteiger partial charge >= 0.3 is 6.03 Å². The van der Waals surface area contributed by atoms with Gasteiger partial charge in [-0.15, -0.1) is 11.3 Å². The number of carbonyl (C=O) groups excluding carboxylic acids is 2. The van der Waals surface area contributed by atoms with Crippen molar-refractivity contribution in [1.29, 1.82) is 0 Å². The van der Waals surface area contributed by atoms with Gasteiger partial charge in [0.15, 0.2) is 0 Å². The zero-order valence-corrected chi connectivity index (χ0v) is 13.9.